The molecule has 1 amide bonds. The van der Waals surface area contributed by atoms with E-state index in [1.54, 1.807) is 13.3 Å². The number of aromatic nitrogens is 1. The summed E-state index contributed by atoms with van der Waals surface area (Å²) in [6.07, 6.45) is 11.2. The van der Waals surface area contributed by atoms with Gasteiger partial charge in [0.15, 0.2) is 0 Å². The summed E-state index contributed by atoms with van der Waals surface area (Å²) in [6, 6.07) is 10.5. The van der Waals surface area contributed by atoms with E-state index >= 15 is 0 Å². The summed E-state index contributed by atoms with van der Waals surface area (Å²) >= 11 is 0. The van der Waals surface area contributed by atoms with Crippen molar-refractivity contribution in [2.75, 3.05) is 7.11 Å². The average molecular weight is 364 g/mol. The SMILES string of the molecule is COc1ccc2c(c1)C[C@@H](N(Cc1cccnc1)C(=O)C1CCCCC1)C2. The van der Waals surface area contributed by atoms with Crippen LogP contribution < -0.4 is 4.74 Å². The maximum Gasteiger partial charge on any atom is 0.226 e. The van der Waals surface area contributed by atoms with Crippen molar-refractivity contribution in [2.24, 2.45) is 5.92 Å². The van der Waals surface area contributed by atoms with Crippen LogP contribution in [-0.2, 0) is 24.2 Å². The van der Waals surface area contributed by atoms with E-state index in [1.807, 2.05) is 18.3 Å². The molecule has 27 heavy (non-hydrogen) atoms. The predicted molar refractivity (Wildman–Crippen MR) is 106 cm³/mol. The van der Waals surface area contributed by atoms with Crippen LogP contribution in [0.15, 0.2) is 42.7 Å². The van der Waals surface area contributed by atoms with Gasteiger partial charge in [0.2, 0.25) is 5.91 Å². The zero-order chi connectivity index (χ0) is 18.6. The number of pyridine rings is 1. The first kappa shape index (κ1) is 18.0. The molecule has 4 heteroatoms. The second-order valence-electron chi connectivity index (χ2n) is 7.86. The second kappa shape index (κ2) is 8.12. The zero-order valence-electron chi connectivity index (χ0n) is 16.1. The number of benzene rings is 1. The fourth-order valence-corrected chi connectivity index (χ4v) is 4.58. The van der Waals surface area contributed by atoms with Gasteiger partial charge in [-0.05, 0) is 60.6 Å². The lowest BCUT2D eigenvalue weighted by molar-refractivity contribution is -0.139. The Hall–Kier alpha value is -2.36. The Kier molecular flexibility index (Phi) is 5.42. The van der Waals surface area contributed by atoms with Crippen molar-refractivity contribution >= 4 is 5.91 Å². The molecule has 1 fully saturated rings. The largest absolute Gasteiger partial charge is 0.497 e. The van der Waals surface area contributed by atoms with Crippen LogP contribution in [0.2, 0.25) is 0 Å². The van der Waals surface area contributed by atoms with Gasteiger partial charge in [0, 0.05) is 30.9 Å². The van der Waals surface area contributed by atoms with Crippen molar-refractivity contribution in [3.63, 3.8) is 0 Å². The summed E-state index contributed by atoms with van der Waals surface area (Å²) in [5.74, 6) is 1.42. The van der Waals surface area contributed by atoms with Crippen LogP contribution >= 0.6 is 0 Å². The Morgan fingerprint density at radius 1 is 1.15 bits per heavy atom. The number of carbonyl (C=O) groups excluding carboxylic acids is 1. The molecule has 0 radical (unpaired) electrons. The Bertz CT molecular complexity index is 784. The molecule has 1 heterocycles. The minimum Gasteiger partial charge on any atom is -0.497 e. The van der Waals surface area contributed by atoms with E-state index in [9.17, 15) is 4.79 Å². The van der Waals surface area contributed by atoms with Gasteiger partial charge in [-0.15, -0.1) is 0 Å². The highest BCUT2D eigenvalue weighted by atomic mass is 16.5. The van der Waals surface area contributed by atoms with Gasteiger partial charge >= 0.3 is 0 Å². The van der Waals surface area contributed by atoms with Gasteiger partial charge < -0.3 is 9.64 Å². The molecule has 0 saturated heterocycles. The lowest BCUT2D eigenvalue weighted by atomic mass is 9.87. The summed E-state index contributed by atoms with van der Waals surface area (Å²) in [5.41, 5.74) is 3.76. The highest BCUT2D eigenvalue weighted by molar-refractivity contribution is 5.79. The van der Waals surface area contributed by atoms with E-state index < -0.39 is 0 Å². The van der Waals surface area contributed by atoms with Crippen LogP contribution in [0.25, 0.3) is 0 Å². The molecule has 0 unspecified atom stereocenters. The summed E-state index contributed by atoms with van der Waals surface area (Å²) < 4.78 is 5.38. The number of hydrogen-bond donors (Lipinski definition) is 0. The molecular weight excluding hydrogens is 336 g/mol. The molecule has 4 nitrogen and oxygen atoms in total. The molecule has 2 aliphatic rings. The van der Waals surface area contributed by atoms with Crippen molar-refractivity contribution in [3.8, 4) is 5.75 Å². The highest BCUT2D eigenvalue weighted by Crippen LogP contribution is 2.32. The highest BCUT2D eigenvalue weighted by Gasteiger charge is 2.34. The van der Waals surface area contributed by atoms with Crippen molar-refractivity contribution in [1.29, 1.82) is 0 Å². The van der Waals surface area contributed by atoms with E-state index in [4.69, 9.17) is 4.74 Å². The van der Waals surface area contributed by atoms with Gasteiger partial charge in [-0.3, -0.25) is 9.78 Å². The molecule has 2 aromatic rings. The minimum atomic E-state index is 0.189. The first-order valence-electron chi connectivity index (χ1n) is 10.1. The number of nitrogens with zero attached hydrogens (tertiary/aromatic N) is 2. The molecule has 2 aliphatic carbocycles. The van der Waals surface area contributed by atoms with E-state index in [-0.39, 0.29) is 12.0 Å². The molecule has 1 saturated carbocycles. The number of methoxy groups -OCH3 is 1. The van der Waals surface area contributed by atoms with Gasteiger partial charge in [0.1, 0.15) is 5.75 Å². The van der Waals surface area contributed by atoms with E-state index in [0.717, 1.165) is 37.0 Å². The maximum atomic E-state index is 13.4. The summed E-state index contributed by atoms with van der Waals surface area (Å²) in [4.78, 5) is 19.8. The lowest BCUT2D eigenvalue weighted by Crippen LogP contribution is -2.44. The number of amides is 1. The molecule has 142 valence electrons. The smallest absolute Gasteiger partial charge is 0.226 e. The Labute approximate surface area is 161 Å². The topological polar surface area (TPSA) is 42.4 Å². The third kappa shape index (κ3) is 4.00. The fraction of sp³-hybridized carbons (Fsp3) is 0.478. The Morgan fingerprint density at radius 3 is 2.70 bits per heavy atom. The van der Waals surface area contributed by atoms with E-state index in [0.29, 0.717) is 12.5 Å². The fourth-order valence-electron chi connectivity index (χ4n) is 4.58. The Morgan fingerprint density at radius 2 is 1.96 bits per heavy atom. The second-order valence-corrected chi connectivity index (χ2v) is 7.86. The standard InChI is InChI=1S/C23H28N2O2/c1-27-22-10-9-19-12-21(13-20(19)14-22)25(16-17-6-5-11-24-15-17)23(26)18-7-3-2-4-8-18/h5-6,9-11,14-15,18,21H,2-4,7-8,12-13,16H2,1H3/t21-/m0/s1. The van der Waals surface area contributed by atoms with Crippen molar-refractivity contribution in [1.82, 2.24) is 9.88 Å². The maximum absolute atomic E-state index is 13.4. The first-order chi connectivity index (χ1) is 13.2. The van der Waals surface area contributed by atoms with Crippen LogP contribution in [0.4, 0.5) is 0 Å². The van der Waals surface area contributed by atoms with Crippen LogP contribution in [0.5, 0.6) is 5.75 Å². The van der Waals surface area contributed by atoms with Gasteiger partial charge in [-0.2, -0.15) is 0 Å². The molecule has 1 aromatic carbocycles. The van der Waals surface area contributed by atoms with Crippen LogP contribution in [0, 0.1) is 5.92 Å². The summed E-state index contributed by atoms with van der Waals surface area (Å²) in [6.45, 7) is 0.652. The molecule has 1 aromatic heterocycles. The van der Waals surface area contributed by atoms with Crippen LogP contribution in [0.3, 0.4) is 0 Å². The minimum absolute atomic E-state index is 0.189. The molecule has 0 N–H and O–H groups in total. The van der Waals surface area contributed by atoms with Gasteiger partial charge in [0.05, 0.1) is 7.11 Å². The third-order valence-corrected chi connectivity index (χ3v) is 6.08. The molecule has 0 bridgehead atoms. The van der Waals surface area contributed by atoms with Crippen molar-refractivity contribution < 1.29 is 9.53 Å². The monoisotopic (exact) mass is 364 g/mol. The average Bonchev–Trinajstić information content (AvgIpc) is 3.15. The molecule has 1 atom stereocenters. The summed E-state index contributed by atoms with van der Waals surface area (Å²) in [5, 5.41) is 0. The Balaban J connectivity index is 1.57. The van der Waals surface area contributed by atoms with Gasteiger partial charge in [-0.1, -0.05) is 31.4 Å². The third-order valence-electron chi connectivity index (χ3n) is 6.08. The number of ether oxygens (including phenoxy) is 1. The van der Waals surface area contributed by atoms with Crippen molar-refractivity contribution in [3.05, 3.63) is 59.4 Å². The van der Waals surface area contributed by atoms with Crippen molar-refractivity contribution in [2.45, 2.75) is 57.5 Å². The number of fused-ring (bicyclic) bond motifs is 1. The molecular formula is C23H28N2O2. The molecule has 0 spiro atoms. The van der Waals surface area contributed by atoms with E-state index in [1.165, 1.54) is 30.4 Å². The number of carbonyl (C=O) groups is 1. The van der Waals surface area contributed by atoms with Gasteiger partial charge in [0.25, 0.3) is 0 Å². The molecule has 0 aliphatic heterocycles. The zero-order valence-corrected chi connectivity index (χ0v) is 16.1. The normalized spacial score (nSPS) is 19.5. The lowest BCUT2D eigenvalue weighted by Gasteiger charge is -2.34. The van der Waals surface area contributed by atoms with Crippen LogP contribution in [0.1, 0.15) is 48.8 Å². The predicted octanol–water partition coefficient (Wildman–Crippen LogP) is 4.17. The first-order valence-corrected chi connectivity index (χ1v) is 10.1. The van der Waals surface area contributed by atoms with Crippen LogP contribution in [-0.4, -0.2) is 28.9 Å². The quantitative estimate of drug-likeness (QED) is 0.800. The number of hydrogen-bond acceptors (Lipinski definition) is 3. The van der Waals surface area contributed by atoms with E-state index in [2.05, 4.69) is 28.1 Å². The number of rotatable bonds is 5. The summed E-state index contributed by atoms with van der Waals surface area (Å²) in [7, 11) is 1.70. The van der Waals surface area contributed by atoms with Gasteiger partial charge in [-0.25, -0.2) is 0 Å². The molecule has 4 rings (SSSR count).